The van der Waals surface area contributed by atoms with Crippen LogP contribution in [0.4, 0.5) is 0 Å². The Morgan fingerprint density at radius 1 is 1.29 bits per heavy atom. The number of fused-ring (bicyclic) bond motifs is 1. The molecule has 5 heteroatoms. The van der Waals surface area contributed by atoms with Gasteiger partial charge in [-0.3, -0.25) is 0 Å². The van der Waals surface area contributed by atoms with Crippen LogP contribution in [0.2, 0.25) is 0 Å². The van der Waals surface area contributed by atoms with Gasteiger partial charge in [0.2, 0.25) is 0 Å². The van der Waals surface area contributed by atoms with E-state index in [2.05, 4.69) is 36.4 Å². The molecule has 0 atom stereocenters. The number of benzene rings is 1. The predicted molar refractivity (Wildman–Crippen MR) is 88.6 cm³/mol. The Labute approximate surface area is 131 Å². The zero-order valence-electron chi connectivity index (χ0n) is 13.2. The lowest BCUT2D eigenvalue weighted by Crippen LogP contribution is -2.30. The Morgan fingerprint density at radius 3 is 2.71 bits per heavy atom. The van der Waals surface area contributed by atoms with E-state index in [9.17, 15) is 0 Å². The summed E-state index contributed by atoms with van der Waals surface area (Å²) in [7, 11) is 0. The molecule has 0 radical (unpaired) electrons. The first-order valence-electron chi connectivity index (χ1n) is 7.46. The molecule has 21 heavy (non-hydrogen) atoms. The van der Waals surface area contributed by atoms with E-state index in [1.165, 1.54) is 0 Å². The summed E-state index contributed by atoms with van der Waals surface area (Å²) >= 11 is 5.47. The van der Waals surface area contributed by atoms with Gasteiger partial charge < -0.3 is 19.0 Å². The van der Waals surface area contributed by atoms with Gasteiger partial charge in [0.05, 0.1) is 24.3 Å². The van der Waals surface area contributed by atoms with Crippen LogP contribution in [0, 0.1) is 4.77 Å². The number of para-hydroxylation sites is 1. The molecule has 0 fully saturated rings. The van der Waals surface area contributed by atoms with Crippen LogP contribution in [0.15, 0.2) is 18.2 Å². The number of rotatable bonds is 7. The highest BCUT2D eigenvalue weighted by molar-refractivity contribution is 7.71. The van der Waals surface area contributed by atoms with Crippen LogP contribution in [-0.4, -0.2) is 28.4 Å². The number of H-pyrrole nitrogens is 1. The number of ether oxygens (including phenoxy) is 2. The highest BCUT2D eigenvalue weighted by Gasteiger charge is 2.21. The van der Waals surface area contributed by atoms with Crippen molar-refractivity contribution in [3.8, 4) is 5.75 Å². The van der Waals surface area contributed by atoms with Gasteiger partial charge in [-0.15, -0.1) is 0 Å². The Bertz CT molecular complexity index is 658. The highest BCUT2D eigenvalue weighted by atomic mass is 32.1. The molecule has 1 heterocycles. The van der Waals surface area contributed by atoms with Crippen molar-refractivity contribution >= 4 is 23.3 Å². The lowest BCUT2D eigenvalue weighted by Gasteiger charge is -2.25. The molecule has 0 bridgehead atoms. The topological polar surface area (TPSA) is 39.2 Å². The van der Waals surface area contributed by atoms with E-state index < -0.39 is 0 Å². The maximum absolute atomic E-state index is 5.79. The molecule has 116 valence electrons. The van der Waals surface area contributed by atoms with E-state index >= 15 is 0 Å². The van der Waals surface area contributed by atoms with Crippen molar-refractivity contribution in [2.24, 2.45) is 0 Å². The van der Waals surface area contributed by atoms with Crippen LogP contribution in [0.1, 0.15) is 34.1 Å². The molecule has 0 aliphatic rings. The summed E-state index contributed by atoms with van der Waals surface area (Å²) in [6, 6.07) is 6.03. The lowest BCUT2D eigenvalue weighted by atomic mass is 10.1. The molecule has 1 aromatic carbocycles. The number of aromatic amines is 1. The molecule has 2 aromatic rings. The smallest absolute Gasteiger partial charge is 0.178 e. The summed E-state index contributed by atoms with van der Waals surface area (Å²) < 4.78 is 14.4. The van der Waals surface area contributed by atoms with Gasteiger partial charge in [-0.1, -0.05) is 13.0 Å². The van der Waals surface area contributed by atoms with Gasteiger partial charge in [0.15, 0.2) is 4.77 Å². The molecule has 0 aliphatic carbocycles. The van der Waals surface area contributed by atoms with Crippen LogP contribution in [0.25, 0.3) is 11.0 Å². The van der Waals surface area contributed by atoms with Crippen LogP contribution >= 0.6 is 12.2 Å². The van der Waals surface area contributed by atoms with E-state index in [0.717, 1.165) is 23.2 Å². The molecular formula is C16H24N2O2S. The van der Waals surface area contributed by atoms with E-state index in [4.69, 9.17) is 21.7 Å². The third-order valence-corrected chi connectivity index (χ3v) is 3.63. The second-order valence-corrected chi connectivity index (χ2v) is 6.09. The van der Waals surface area contributed by atoms with Crippen LogP contribution in [0.3, 0.4) is 0 Å². The first-order valence-corrected chi connectivity index (χ1v) is 7.87. The zero-order chi connectivity index (χ0) is 15.5. The molecule has 1 aromatic heterocycles. The second-order valence-electron chi connectivity index (χ2n) is 5.71. The summed E-state index contributed by atoms with van der Waals surface area (Å²) in [6.45, 7) is 10.4. The van der Waals surface area contributed by atoms with Crippen molar-refractivity contribution in [1.82, 2.24) is 9.55 Å². The minimum Gasteiger partial charge on any atom is -0.491 e. The molecule has 4 nitrogen and oxygen atoms in total. The number of nitrogens with one attached hydrogen (secondary N) is 1. The molecule has 0 saturated carbocycles. The molecular weight excluding hydrogens is 284 g/mol. The van der Waals surface area contributed by atoms with Crippen molar-refractivity contribution in [2.75, 3.05) is 13.2 Å². The molecule has 1 N–H and O–H groups in total. The van der Waals surface area contributed by atoms with Gasteiger partial charge in [-0.05, 0) is 51.5 Å². The zero-order valence-corrected chi connectivity index (χ0v) is 14.0. The second kappa shape index (κ2) is 6.62. The van der Waals surface area contributed by atoms with Crippen LogP contribution in [0.5, 0.6) is 5.75 Å². The van der Waals surface area contributed by atoms with Crippen molar-refractivity contribution in [1.29, 1.82) is 0 Å². The summed E-state index contributed by atoms with van der Waals surface area (Å²) in [5, 5.41) is 0. The maximum Gasteiger partial charge on any atom is 0.178 e. The van der Waals surface area contributed by atoms with Gasteiger partial charge in [-0.2, -0.15) is 0 Å². The minimum absolute atomic E-state index is 0.262. The molecule has 0 saturated heterocycles. The standard InChI is InChI=1S/C16H24N2O2S/c1-5-10-19-13-9-7-8-12-14(13)17-15(21)18(12)11-16(3,4)20-6-2/h7-9H,5-6,10-11H2,1-4H3,(H,17,21). The van der Waals surface area contributed by atoms with E-state index in [1.807, 2.05) is 19.1 Å². The molecule has 0 spiro atoms. The van der Waals surface area contributed by atoms with Crippen molar-refractivity contribution in [3.05, 3.63) is 23.0 Å². The van der Waals surface area contributed by atoms with E-state index in [-0.39, 0.29) is 5.60 Å². The SMILES string of the molecule is CCCOc1cccc2c1[nH]c(=S)n2CC(C)(C)OCC. The fourth-order valence-electron chi connectivity index (χ4n) is 2.46. The average Bonchev–Trinajstić information content (AvgIpc) is 2.73. The highest BCUT2D eigenvalue weighted by Crippen LogP contribution is 2.26. The molecule has 0 amide bonds. The summed E-state index contributed by atoms with van der Waals surface area (Å²) in [4.78, 5) is 3.27. The monoisotopic (exact) mass is 308 g/mol. The first kappa shape index (κ1) is 16.0. The van der Waals surface area contributed by atoms with Gasteiger partial charge in [0.25, 0.3) is 0 Å². The molecule has 0 unspecified atom stereocenters. The Hall–Kier alpha value is -1.33. The third-order valence-electron chi connectivity index (χ3n) is 3.31. The Balaban J connectivity index is 2.41. The summed E-state index contributed by atoms with van der Waals surface area (Å²) in [5.41, 5.74) is 1.76. The molecule has 2 rings (SSSR count). The minimum atomic E-state index is -0.262. The Morgan fingerprint density at radius 2 is 2.05 bits per heavy atom. The van der Waals surface area contributed by atoms with Gasteiger partial charge in [0, 0.05) is 6.61 Å². The fourth-order valence-corrected chi connectivity index (χ4v) is 2.73. The van der Waals surface area contributed by atoms with Crippen LogP contribution < -0.4 is 4.74 Å². The van der Waals surface area contributed by atoms with Gasteiger partial charge >= 0.3 is 0 Å². The molecule has 0 aliphatic heterocycles. The van der Waals surface area contributed by atoms with Crippen molar-refractivity contribution in [3.63, 3.8) is 0 Å². The number of nitrogens with zero attached hydrogens (tertiary/aromatic N) is 1. The average molecular weight is 308 g/mol. The third kappa shape index (κ3) is 3.66. The maximum atomic E-state index is 5.79. The van der Waals surface area contributed by atoms with Crippen LogP contribution in [-0.2, 0) is 11.3 Å². The normalized spacial score (nSPS) is 12.0. The van der Waals surface area contributed by atoms with E-state index in [0.29, 0.717) is 24.5 Å². The van der Waals surface area contributed by atoms with Crippen molar-refractivity contribution < 1.29 is 9.47 Å². The number of aromatic nitrogens is 2. The summed E-state index contributed by atoms with van der Waals surface area (Å²) in [5.74, 6) is 0.855. The van der Waals surface area contributed by atoms with Gasteiger partial charge in [0.1, 0.15) is 11.3 Å². The first-order chi connectivity index (χ1) is 9.98. The van der Waals surface area contributed by atoms with Gasteiger partial charge in [-0.25, -0.2) is 0 Å². The number of hydrogen-bond donors (Lipinski definition) is 1. The number of imidazole rings is 1. The van der Waals surface area contributed by atoms with Crippen molar-refractivity contribution in [2.45, 2.75) is 46.3 Å². The fraction of sp³-hybridized carbons (Fsp3) is 0.562. The van der Waals surface area contributed by atoms with E-state index in [1.54, 1.807) is 0 Å². The largest absolute Gasteiger partial charge is 0.491 e. The number of hydrogen-bond acceptors (Lipinski definition) is 3. The Kier molecular flexibility index (Phi) is 5.06. The summed E-state index contributed by atoms with van der Waals surface area (Å²) in [6.07, 6.45) is 0.981. The lowest BCUT2D eigenvalue weighted by molar-refractivity contribution is -0.0219. The predicted octanol–water partition coefficient (Wildman–Crippen LogP) is 4.30. The quantitative estimate of drug-likeness (QED) is 0.775.